The SMILES string of the molecule is Cc1cccc(N2CCN(C(=O)CN3C(=O)S/C(=C\c4cccs4)C3=O)CC2)c1. The standard InChI is InChI=1S/C21H21N3O3S2/c1-15-4-2-5-16(12-15)22-7-9-23(10-8-22)19(25)14-24-20(26)18(29-21(24)27)13-17-6-3-11-28-17/h2-6,11-13H,7-10,14H2,1H3/b18-13-. The normalized spacial score (nSPS) is 18.8. The molecule has 0 bridgehead atoms. The number of rotatable bonds is 4. The summed E-state index contributed by atoms with van der Waals surface area (Å²) in [6, 6.07) is 12.1. The summed E-state index contributed by atoms with van der Waals surface area (Å²) in [7, 11) is 0. The van der Waals surface area contributed by atoms with Crippen LogP contribution in [-0.2, 0) is 9.59 Å². The Morgan fingerprint density at radius 3 is 2.59 bits per heavy atom. The predicted molar refractivity (Wildman–Crippen MR) is 117 cm³/mol. The number of amides is 3. The Morgan fingerprint density at radius 2 is 1.90 bits per heavy atom. The molecule has 6 nitrogen and oxygen atoms in total. The smallest absolute Gasteiger partial charge is 0.294 e. The van der Waals surface area contributed by atoms with Crippen LogP contribution in [0.2, 0.25) is 0 Å². The molecule has 0 radical (unpaired) electrons. The summed E-state index contributed by atoms with van der Waals surface area (Å²) in [5, 5.41) is 1.53. The van der Waals surface area contributed by atoms with Crippen molar-refractivity contribution in [2.75, 3.05) is 37.6 Å². The quantitative estimate of drug-likeness (QED) is 0.700. The van der Waals surface area contributed by atoms with Gasteiger partial charge >= 0.3 is 0 Å². The highest BCUT2D eigenvalue weighted by Gasteiger charge is 2.37. The Bertz CT molecular complexity index is 963. The average molecular weight is 428 g/mol. The zero-order chi connectivity index (χ0) is 20.4. The highest BCUT2D eigenvalue weighted by atomic mass is 32.2. The van der Waals surface area contributed by atoms with Gasteiger partial charge in [0.2, 0.25) is 5.91 Å². The second-order valence-corrected chi connectivity index (χ2v) is 8.96. The van der Waals surface area contributed by atoms with Gasteiger partial charge in [0.25, 0.3) is 11.1 Å². The van der Waals surface area contributed by atoms with E-state index in [9.17, 15) is 14.4 Å². The first-order valence-electron chi connectivity index (χ1n) is 9.39. The first-order chi connectivity index (χ1) is 14.0. The topological polar surface area (TPSA) is 60.9 Å². The lowest BCUT2D eigenvalue weighted by Gasteiger charge is -2.36. The molecule has 4 rings (SSSR count). The number of aryl methyl sites for hydroxylation is 1. The summed E-state index contributed by atoms with van der Waals surface area (Å²) in [5.74, 6) is -0.575. The molecule has 1 aromatic heterocycles. The first kappa shape index (κ1) is 19.7. The van der Waals surface area contributed by atoms with Gasteiger partial charge in [0.15, 0.2) is 0 Å². The van der Waals surface area contributed by atoms with Gasteiger partial charge in [0, 0.05) is 36.7 Å². The molecule has 8 heteroatoms. The molecule has 0 spiro atoms. The van der Waals surface area contributed by atoms with Crippen LogP contribution in [0, 0.1) is 6.92 Å². The number of nitrogens with zero attached hydrogens (tertiary/aromatic N) is 3. The molecule has 2 saturated heterocycles. The lowest BCUT2D eigenvalue weighted by atomic mass is 10.2. The van der Waals surface area contributed by atoms with E-state index in [0.29, 0.717) is 18.0 Å². The zero-order valence-corrected chi connectivity index (χ0v) is 17.7. The monoisotopic (exact) mass is 427 g/mol. The van der Waals surface area contributed by atoms with Crippen LogP contribution in [0.4, 0.5) is 10.5 Å². The Kier molecular flexibility index (Phi) is 5.73. The van der Waals surface area contributed by atoms with Crippen LogP contribution in [0.1, 0.15) is 10.4 Å². The minimum Gasteiger partial charge on any atom is -0.368 e. The van der Waals surface area contributed by atoms with Crippen LogP contribution in [0.25, 0.3) is 6.08 Å². The molecular weight excluding hydrogens is 406 g/mol. The second kappa shape index (κ2) is 8.42. The summed E-state index contributed by atoms with van der Waals surface area (Å²) in [6.07, 6.45) is 1.71. The molecule has 3 amide bonds. The Balaban J connectivity index is 1.35. The Morgan fingerprint density at radius 1 is 1.10 bits per heavy atom. The van der Waals surface area contributed by atoms with Crippen molar-refractivity contribution in [1.82, 2.24) is 9.80 Å². The fraction of sp³-hybridized carbons (Fsp3) is 0.286. The Labute approximate surface area is 177 Å². The van der Waals surface area contributed by atoms with Crippen LogP contribution in [0.5, 0.6) is 0 Å². The summed E-state index contributed by atoms with van der Waals surface area (Å²) in [4.78, 5) is 43.9. The molecule has 0 N–H and O–H groups in total. The molecule has 0 saturated carbocycles. The van der Waals surface area contributed by atoms with E-state index >= 15 is 0 Å². The van der Waals surface area contributed by atoms with Gasteiger partial charge in [-0.3, -0.25) is 19.3 Å². The van der Waals surface area contributed by atoms with Gasteiger partial charge in [0.05, 0.1) is 4.91 Å². The van der Waals surface area contributed by atoms with Gasteiger partial charge in [-0.1, -0.05) is 18.2 Å². The van der Waals surface area contributed by atoms with Crippen molar-refractivity contribution in [1.29, 1.82) is 0 Å². The third kappa shape index (κ3) is 4.38. The third-order valence-corrected chi connectivity index (χ3v) is 6.71. The highest BCUT2D eigenvalue weighted by molar-refractivity contribution is 8.18. The number of benzene rings is 1. The number of hydrogen-bond acceptors (Lipinski definition) is 6. The van der Waals surface area contributed by atoms with Gasteiger partial charge in [-0.05, 0) is 53.9 Å². The van der Waals surface area contributed by atoms with Crippen LogP contribution >= 0.6 is 23.1 Å². The van der Waals surface area contributed by atoms with E-state index in [2.05, 4.69) is 30.0 Å². The van der Waals surface area contributed by atoms with Crippen molar-refractivity contribution < 1.29 is 14.4 Å². The van der Waals surface area contributed by atoms with E-state index in [0.717, 1.165) is 40.3 Å². The summed E-state index contributed by atoms with van der Waals surface area (Å²) >= 11 is 2.39. The number of piperazine rings is 1. The number of anilines is 1. The third-order valence-electron chi connectivity index (χ3n) is 4.98. The lowest BCUT2D eigenvalue weighted by molar-refractivity contribution is -0.136. The van der Waals surface area contributed by atoms with E-state index < -0.39 is 0 Å². The zero-order valence-electron chi connectivity index (χ0n) is 16.0. The van der Waals surface area contributed by atoms with Crippen molar-refractivity contribution in [3.05, 3.63) is 57.1 Å². The lowest BCUT2D eigenvalue weighted by Crippen LogP contribution is -2.51. The number of carbonyl (C=O) groups is 3. The fourth-order valence-corrected chi connectivity index (χ4v) is 4.97. The van der Waals surface area contributed by atoms with Crippen molar-refractivity contribution in [3.63, 3.8) is 0 Å². The highest BCUT2D eigenvalue weighted by Crippen LogP contribution is 2.33. The largest absolute Gasteiger partial charge is 0.368 e. The van der Waals surface area contributed by atoms with Gasteiger partial charge < -0.3 is 9.80 Å². The van der Waals surface area contributed by atoms with E-state index in [4.69, 9.17) is 0 Å². The molecule has 1 aromatic carbocycles. The van der Waals surface area contributed by atoms with E-state index in [1.807, 2.05) is 23.6 Å². The molecule has 29 heavy (non-hydrogen) atoms. The number of hydrogen-bond donors (Lipinski definition) is 0. The molecule has 0 aliphatic carbocycles. The maximum absolute atomic E-state index is 12.7. The van der Waals surface area contributed by atoms with Crippen LogP contribution in [0.15, 0.2) is 46.7 Å². The molecule has 2 aliphatic heterocycles. The minimum atomic E-state index is -0.389. The number of carbonyl (C=O) groups excluding carboxylic acids is 3. The summed E-state index contributed by atoms with van der Waals surface area (Å²) in [6.45, 7) is 4.48. The molecule has 150 valence electrons. The molecule has 0 unspecified atom stereocenters. The van der Waals surface area contributed by atoms with E-state index in [1.54, 1.807) is 11.0 Å². The second-order valence-electron chi connectivity index (χ2n) is 6.99. The predicted octanol–water partition coefficient (Wildman–Crippen LogP) is 3.44. The maximum atomic E-state index is 12.7. The number of thioether (sulfide) groups is 1. The number of imide groups is 1. The van der Waals surface area contributed by atoms with Crippen molar-refractivity contribution in [2.45, 2.75) is 6.92 Å². The molecule has 2 aliphatic rings. The molecule has 3 heterocycles. The molecule has 2 aromatic rings. The van der Waals surface area contributed by atoms with Gasteiger partial charge in [-0.2, -0.15) is 0 Å². The molecule has 0 atom stereocenters. The van der Waals surface area contributed by atoms with Crippen LogP contribution in [-0.4, -0.2) is 59.6 Å². The summed E-state index contributed by atoms with van der Waals surface area (Å²) in [5.41, 5.74) is 2.36. The van der Waals surface area contributed by atoms with Gasteiger partial charge in [0.1, 0.15) is 6.54 Å². The van der Waals surface area contributed by atoms with Crippen LogP contribution in [0.3, 0.4) is 0 Å². The van der Waals surface area contributed by atoms with Crippen molar-refractivity contribution in [3.8, 4) is 0 Å². The number of thiophene rings is 1. The average Bonchev–Trinajstić information content (AvgIpc) is 3.32. The van der Waals surface area contributed by atoms with Gasteiger partial charge in [-0.25, -0.2) is 0 Å². The van der Waals surface area contributed by atoms with Crippen molar-refractivity contribution in [2.24, 2.45) is 0 Å². The summed E-state index contributed by atoms with van der Waals surface area (Å²) < 4.78 is 0. The van der Waals surface area contributed by atoms with E-state index in [-0.39, 0.29) is 23.6 Å². The maximum Gasteiger partial charge on any atom is 0.294 e. The van der Waals surface area contributed by atoms with Crippen LogP contribution < -0.4 is 4.90 Å². The Hall–Kier alpha value is -2.58. The van der Waals surface area contributed by atoms with Gasteiger partial charge in [-0.15, -0.1) is 11.3 Å². The van der Waals surface area contributed by atoms with Crippen molar-refractivity contribution >= 4 is 51.9 Å². The minimum absolute atomic E-state index is 0.187. The fourth-order valence-electron chi connectivity index (χ4n) is 3.41. The molecule has 2 fully saturated rings. The molecular formula is C21H21N3O3S2. The van der Waals surface area contributed by atoms with E-state index in [1.165, 1.54) is 16.9 Å². The first-order valence-corrected chi connectivity index (χ1v) is 11.1.